The normalized spacial score (nSPS) is 33.0. The van der Waals surface area contributed by atoms with Gasteiger partial charge in [-0.15, -0.1) is 0 Å². The number of hydrogen-bond acceptors (Lipinski definition) is 2. The average Bonchev–Trinajstić information content (AvgIpc) is 2.17. The maximum atomic E-state index is 6.74. The van der Waals surface area contributed by atoms with Gasteiger partial charge in [-0.2, -0.15) is 10.2 Å². The molecule has 0 saturated heterocycles. The number of hydrogen-bond donors (Lipinski definition) is 0. The van der Waals surface area contributed by atoms with E-state index in [9.17, 15) is 0 Å². The molecule has 1 aliphatic rings. The minimum atomic E-state index is -0.569. The van der Waals surface area contributed by atoms with Crippen molar-refractivity contribution in [2.24, 2.45) is 10.2 Å². The van der Waals surface area contributed by atoms with Crippen LogP contribution in [-0.4, -0.2) is 5.54 Å². The Morgan fingerprint density at radius 1 is 1.75 bits per heavy atom. The third-order valence-corrected chi connectivity index (χ3v) is 0.984. The standard InChI is InChI=1S/C6H5N2/c1-3-6(2)4-5-7-8-6/h4-5H,2H3. The van der Waals surface area contributed by atoms with E-state index in [-0.39, 0.29) is 0 Å². The lowest BCUT2D eigenvalue weighted by Gasteiger charge is -2.03. The molecule has 0 fully saturated rings. The number of nitrogens with zero attached hydrogens (tertiary/aromatic N) is 2. The van der Waals surface area contributed by atoms with Gasteiger partial charge in [-0.05, 0) is 19.4 Å². The fourth-order valence-electron chi connectivity index (χ4n) is 0.432. The highest BCUT2D eigenvalue weighted by Gasteiger charge is 2.18. The topological polar surface area (TPSA) is 24.7 Å². The van der Waals surface area contributed by atoms with Crippen LogP contribution in [-0.2, 0) is 0 Å². The molecule has 1 radical (unpaired) electrons. The summed E-state index contributed by atoms with van der Waals surface area (Å²) in [6.07, 6.45) is 10.0. The molecule has 0 N–H and O–H groups in total. The zero-order chi connectivity index (χ0) is 6.04. The molecular weight excluding hydrogens is 100 g/mol. The first kappa shape index (κ1) is 5.04. The van der Waals surface area contributed by atoms with Gasteiger partial charge in [0, 0.05) is 6.20 Å². The van der Waals surface area contributed by atoms with Crippen LogP contribution in [0.4, 0.5) is 0 Å². The molecule has 39 valence electrons. The van der Waals surface area contributed by atoms with Crippen LogP contribution in [0.15, 0.2) is 22.5 Å². The Labute approximate surface area is 48.3 Å². The zero-order valence-corrected chi connectivity index (χ0v) is 4.55. The van der Waals surface area contributed by atoms with E-state index in [1.807, 2.05) is 0 Å². The van der Waals surface area contributed by atoms with Gasteiger partial charge in [-0.25, -0.2) is 0 Å². The highest BCUT2D eigenvalue weighted by molar-refractivity contribution is 5.21. The molecule has 0 amide bonds. The van der Waals surface area contributed by atoms with Crippen LogP contribution in [0.2, 0.25) is 0 Å². The number of rotatable bonds is 0. The average molecular weight is 105 g/mol. The molecule has 0 aliphatic carbocycles. The lowest BCUT2D eigenvalue weighted by Crippen LogP contribution is -2.10. The van der Waals surface area contributed by atoms with Gasteiger partial charge in [-0.3, -0.25) is 0 Å². The fourth-order valence-corrected chi connectivity index (χ4v) is 0.432. The van der Waals surface area contributed by atoms with Crippen molar-refractivity contribution < 1.29 is 0 Å². The van der Waals surface area contributed by atoms with Gasteiger partial charge in [0.1, 0.15) is 0 Å². The molecule has 1 aliphatic heterocycles. The fraction of sp³-hybridized carbons (Fsp3) is 0.333. The Morgan fingerprint density at radius 3 is 2.75 bits per heavy atom. The first-order valence-electron chi connectivity index (χ1n) is 2.30. The molecule has 0 spiro atoms. The quantitative estimate of drug-likeness (QED) is 0.415. The van der Waals surface area contributed by atoms with E-state index in [0.29, 0.717) is 0 Å². The highest BCUT2D eigenvalue weighted by Crippen LogP contribution is 2.16. The molecule has 1 heterocycles. The monoisotopic (exact) mass is 105 g/mol. The summed E-state index contributed by atoms with van der Waals surface area (Å²) < 4.78 is 0. The third kappa shape index (κ3) is 0.627. The van der Waals surface area contributed by atoms with E-state index in [2.05, 4.69) is 16.1 Å². The van der Waals surface area contributed by atoms with Crippen molar-refractivity contribution in [3.63, 3.8) is 0 Å². The van der Waals surface area contributed by atoms with Crippen molar-refractivity contribution in [1.82, 2.24) is 0 Å². The Hall–Kier alpha value is -1.10. The van der Waals surface area contributed by atoms with Gasteiger partial charge in [0.05, 0.1) is 0 Å². The van der Waals surface area contributed by atoms with Gasteiger partial charge < -0.3 is 0 Å². The SMILES string of the molecule is [C]#CC1(C)C=CN=N1. The highest BCUT2D eigenvalue weighted by atomic mass is 15.2. The number of azo groups is 1. The lowest BCUT2D eigenvalue weighted by molar-refractivity contribution is 0.747. The Kier molecular flexibility index (Phi) is 0.911. The van der Waals surface area contributed by atoms with Crippen molar-refractivity contribution in [3.05, 3.63) is 18.7 Å². The smallest absolute Gasteiger partial charge is 0.160 e. The minimum Gasteiger partial charge on any atom is -0.165 e. The molecule has 0 saturated carbocycles. The van der Waals surface area contributed by atoms with Crippen molar-refractivity contribution in [2.45, 2.75) is 12.5 Å². The van der Waals surface area contributed by atoms with Gasteiger partial charge >= 0.3 is 0 Å². The first-order chi connectivity index (χ1) is 3.77. The van der Waals surface area contributed by atoms with E-state index in [0.717, 1.165) is 0 Å². The largest absolute Gasteiger partial charge is 0.165 e. The van der Waals surface area contributed by atoms with Crippen LogP contribution in [0.5, 0.6) is 0 Å². The van der Waals surface area contributed by atoms with E-state index in [4.69, 9.17) is 6.42 Å². The van der Waals surface area contributed by atoms with E-state index >= 15 is 0 Å². The third-order valence-electron chi connectivity index (χ3n) is 0.984. The summed E-state index contributed by atoms with van der Waals surface area (Å²) in [6, 6.07) is 0. The minimum absolute atomic E-state index is 0.569. The molecule has 0 aromatic carbocycles. The zero-order valence-electron chi connectivity index (χ0n) is 4.55. The molecule has 8 heavy (non-hydrogen) atoms. The maximum Gasteiger partial charge on any atom is 0.160 e. The van der Waals surface area contributed by atoms with Crippen LogP contribution in [0, 0.1) is 12.3 Å². The van der Waals surface area contributed by atoms with Crippen molar-refractivity contribution in [1.29, 1.82) is 0 Å². The predicted molar refractivity (Wildman–Crippen MR) is 29.5 cm³/mol. The van der Waals surface area contributed by atoms with Gasteiger partial charge in [0.2, 0.25) is 0 Å². The van der Waals surface area contributed by atoms with Crippen LogP contribution < -0.4 is 0 Å². The van der Waals surface area contributed by atoms with Gasteiger partial charge in [-0.1, -0.05) is 5.92 Å². The Morgan fingerprint density at radius 2 is 2.50 bits per heavy atom. The molecule has 1 atom stereocenters. The summed E-state index contributed by atoms with van der Waals surface area (Å²) in [4.78, 5) is 0. The Balaban J connectivity index is 2.89. The maximum absolute atomic E-state index is 6.74. The molecule has 0 bridgehead atoms. The van der Waals surface area contributed by atoms with Crippen LogP contribution >= 0.6 is 0 Å². The van der Waals surface area contributed by atoms with Crippen molar-refractivity contribution in [2.75, 3.05) is 0 Å². The summed E-state index contributed by atoms with van der Waals surface area (Å²) in [6.45, 7) is 1.77. The first-order valence-corrected chi connectivity index (χ1v) is 2.30. The summed E-state index contributed by atoms with van der Waals surface area (Å²) in [5, 5.41) is 7.27. The van der Waals surface area contributed by atoms with Crippen molar-refractivity contribution >= 4 is 0 Å². The van der Waals surface area contributed by atoms with Gasteiger partial charge in [0.15, 0.2) is 5.54 Å². The molecule has 0 aromatic heterocycles. The van der Waals surface area contributed by atoms with Crippen molar-refractivity contribution in [3.8, 4) is 5.92 Å². The van der Waals surface area contributed by atoms with Gasteiger partial charge in [0.25, 0.3) is 0 Å². The molecule has 1 unspecified atom stereocenters. The van der Waals surface area contributed by atoms with Crippen LogP contribution in [0.3, 0.4) is 0 Å². The summed E-state index contributed by atoms with van der Waals surface area (Å²) in [5.74, 6) is 2.24. The molecule has 2 heteroatoms. The second-order valence-corrected chi connectivity index (χ2v) is 1.80. The van der Waals surface area contributed by atoms with Crippen LogP contribution in [0.25, 0.3) is 0 Å². The summed E-state index contributed by atoms with van der Waals surface area (Å²) in [5.41, 5.74) is -0.569. The predicted octanol–water partition coefficient (Wildman–Crippen LogP) is 1.31. The van der Waals surface area contributed by atoms with E-state index in [1.54, 1.807) is 19.2 Å². The molecule has 2 nitrogen and oxygen atoms in total. The second-order valence-electron chi connectivity index (χ2n) is 1.80. The van der Waals surface area contributed by atoms with Crippen LogP contribution in [0.1, 0.15) is 6.92 Å². The molecular formula is C6H5N2. The summed E-state index contributed by atoms with van der Waals surface area (Å²) in [7, 11) is 0. The summed E-state index contributed by atoms with van der Waals surface area (Å²) >= 11 is 0. The molecule has 0 aromatic rings. The second kappa shape index (κ2) is 1.45. The lowest BCUT2D eigenvalue weighted by atomic mass is 10.1. The van der Waals surface area contributed by atoms with E-state index in [1.165, 1.54) is 0 Å². The Bertz CT molecular complexity index is 171. The molecule has 1 rings (SSSR count). The van der Waals surface area contributed by atoms with E-state index < -0.39 is 5.54 Å².